The molecular formula is C18H22N4O4S. The van der Waals surface area contributed by atoms with Crippen molar-refractivity contribution in [3.63, 3.8) is 0 Å². The van der Waals surface area contributed by atoms with Crippen LogP contribution in [0.15, 0.2) is 36.5 Å². The standard InChI is InChI=1S/C18H22N4O4S/c1-5-25-16(23)21-15(27)20-14-10-6-8-12(19-14)13-9-7-11-22(13)17(24)26-18(2,3)4/h6-11H,5H2,1-4H3,(H2,19,20,21,23,27). The van der Waals surface area contributed by atoms with Crippen molar-refractivity contribution in [1.82, 2.24) is 14.9 Å². The quantitative estimate of drug-likeness (QED) is 0.770. The average molecular weight is 390 g/mol. The molecule has 0 aliphatic rings. The van der Waals surface area contributed by atoms with Gasteiger partial charge in [-0.2, -0.15) is 0 Å². The monoisotopic (exact) mass is 390 g/mol. The highest BCUT2D eigenvalue weighted by molar-refractivity contribution is 7.80. The smallest absolute Gasteiger partial charge is 0.419 e. The fourth-order valence-electron chi connectivity index (χ4n) is 2.11. The zero-order valence-corrected chi connectivity index (χ0v) is 16.4. The Morgan fingerprint density at radius 3 is 2.63 bits per heavy atom. The van der Waals surface area contributed by atoms with Crippen molar-refractivity contribution in [1.29, 1.82) is 0 Å². The van der Waals surface area contributed by atoms with Gasteiger partial charge in [-0.25, -0.2) is 14.6 Å². The van der Waals surface area contributed by atoms with Crippen LogP contribution in [0.3, 0.4) is 0 Å². The van der Waals surface area contributed by atoms with Crippen LogP contribution in [-0.4, -0.2) is 39.1 Å². The first-order chi connectivity index (χ1) is 12.7. The lowest BCUT2D eigenvalue weighted by Crippen LogP contribution is -2.34. The first-order valence-electron chi connectivity index (χ1n) is 8.32. The summed E-state index contributed by atoms with van der Waals surface area (Å²) in [6, 6.07) is 8.68. The van der Waals surface area contributed by atoms with Crippen LogP contribution in [0, 0.1) is 0 Å². The molecule has 144 valence electrons. The molecule has 27 heavy (non-hydrogen) atoms. The molecule has 0 saturated carbocycles. The number of amides is 1. The molecule has 1 amide bonds. The Morgan fingerprint density at radius 2 is 1.96 bits per heavy atom. The molecule has 0 unspecified atom stereocenters. The van der Waals surface area contributed by atoms with E-state index in [4.69, 9.17) is 21.7 Å². The Balaban J connectivity index is 2.17. The van der Waals surface area contributed by atoms with Gasteiger partial charge in [-0.3, -0.25) is 9.88 Å². The molecule has 0 fully saturated rings. The third-order valence-electron chi connectivity index (χ3n) is 3.08. The van der Waals surface area contributed by atoms with Crippen LogP contribution in [0.4, 0.5) is 15.4 Å². The lowest BCUT2D eigenvalue weighted by Gasteiger charge is -2.20. The van der Waals surface area contributed by atoms with E-state index in [1.54, 1.807) is 64.2 Å². The van der Waals surface area contributed by atoms with E-state index >= 15 is 0 Å². The Bertz CT molecular complexity index is 842. The molecule has 0 aromatic carbocycles. The lowest BCUT2D eigenvalue weighted by molar-refractivity contribution is 0.0540. The summed E-state index contributed by atoms with van der Waals surface area (Å²) in [5, 5.41) is 5.24. The predicted molar refractivity (Wildman–Crippen MR) is 106 cm³/mol. The molecule has 0 radical (unpaired) electrons. The number of nitrogens with one attached hydrogen (secondary N) is 2. The molecule has 0 aliphatic carbocycles. The van der Waals surface area contributed by atoms with Gasteiger partial charge in [-0.05, 0) is 64.2 Å². The van der Waals surface area contributed by atoms with Crippen molar-refractivity contribution >= 4 is 35.3 Å². The highest BCUT2D eigenvalue weighted by atomic mass is 32.1. The molecule has 0 atom stereocenters. The predicted octanol–water partition coefficient (Wildman–Crippen LogP) is 3.78. The summed E-state index contributed by atoms with van der Waals surface area (Å²) in [5.74, 6) is 0.409. The van der Waals surface area contributed by atoms with E-state index in [0.717, 1.165) is 0 Å². The van der Waals surface area contributed by atoms with E-state index < -0.39 is 17.8 Å². The first-order valence-corrected chi connectivity index (χ1v) is 8.73. The number of hydrogen-bond acceptors (Lipinski definition) is 6. The van der Waals surface area contributed by atoms with Crippen molar-refractivity contribution in [2.75, 3.05) is 11.9 Å². The summed E-state index contributed by atoms with van der Waals surface area (Å²) in [6.07, 6.45) is 0.463. The minimum Gasteiger partial charge on any atom is -0.450 e. The molecule has 2 aromatic rings. The maximum Gasteiger partial charge on any atom is 0.419 e. The van der Waals surface area contributed by atoms with Crippen molar-refractivity contribution < 1.29 is 19.1 Å². The molecule has 8 nitrogen and oxygen atoms in total. The van der Waals surface area contributed by atoms with Gasteiger partial charge in [0.1, 0.15) is 11.4 Å². The molecule has 9 heteroatoms. The summed E-state index contributed by atoms with van der Waals surface area (Å²) in [6.45, 7) is 7.34. The molecule has 0 spiro atoms. The van der Waals surface area contributed by atoms with Crippen LogP contribution in [-0.2, 0) is 9.47 Å². The normalized spacial score (nSPS) is 10.8. The highest BCUT2D eigenvalue weighted by Crippen LogP contribution is 2.21. The summed E-state index contributed by atoms with van der Waals surface area (Å²) < 4.78 is 11.5. The Hall–Kier alpha value is -2.94. The van der Waals surface area contributed by atoms with Gasteiger partial charge in [0.15, 0.2) is 5.11 Å². The molecule has 2 rings (SSSR count). The van der Waals surface area contributed by atoms with Gasteiger partial charge in [0.25, 0.3) is 0 Å². The third-order valence-corrected chi connectivity index (χ3v) is 3.29. The Kier molecular flexibility index (Phi) is 6.51. The van der Waals surface area contributed by atoms with E-state index in [0.29, 0.717) is 17.2 Å². The molecule has 2 aromatic heterocycles. The van der Waals surface area contributed by atoms with Gasteiger partial charge in [0, 0.05) is 6.20 Å². The fraction of sp³-hybridized carbons (Fsp3) is 0.333. The molecule has 2 N–H and O–H groups in total. The van der Waals surface area contributed by atoms with Crippen molar-refractivity contribution in [2.45, 2.75) is 33.3 Å². The molecular weight excluding hydrogens is 368 g/mol. The van der Waals surface area contributed by atoms with E-state index in [1.165, 1.54) is 4.57 Å². The van der Waals surface area contributed by atoms with Crippen LogP contribution in [0.1, 0.15) is 27.7 Å². The van der Waals surface area contributed by atoms with Crippen LogP contribution in [0.2, 0.25) is 0 Å². The summed E-state index contributed by atoms with van der Waals surface area (Å²) in [7, 11) is 0. The number of pyridine rings is 1. The second kappa shape index (κ2) is 8.63. The fourth-order valence-corrected chi connectivity index (χ4v) is 2.30. The zero-order chi connectivity index (χ0) is 20.0. The van der Waals surface area contributed by atoms with Gasteiger partial charge in [0.05, 0.1) is 18.0 Å². The lowest BCUT2D eigenvalue weighted by atomic mass is 10.2. The number of aromatic nitrogens is 2. The minimum absolute atomic E-state index is 0.0561. The number of alkyl carbamates (subject to hydrolysis) is 1. The van der Waals surface area contributed by atoms with Gasteiger partial charge in [0.2, 0.25) is 0 Å². The Labute approximate surface area is 162 Å². The van der Waals surface area contributed by atoms with Crippen molar-refractivity contribution in [3.8, 4) is 11.4 Å². The van der Waals surface area contributed by atoms with Crippen LogP contribution >= 0.6 is 12.2 Å². The van der Waals surface area contributed by atoms with Crippen LogP contribution < -0.4 is 10.6 Å². The first kappa shape index (κ1) is 20.4. The average Bonchev–Trinajstić information content (AvgIpc) is 3.03. The van der Waals surface area contributed by atoms with Gasteiger partial charge in [-0.15, -0.1) is 0 Å². The molecule has 0 aliphatic heterocycles. The zero-order valence-electron chi connectivity index (χ0n) is 15.6. The van der Waals surface area contributed by atoms with E-state index in [2.05, 4.69) is 15.6 Å². The maximum atomic E-state index is 12.4. The van der Waals surface area contributed by atoms with Gasteiger partial charge >= 0.3 is 12.2 Å². The summed E-state index contributed by atoms with van der Waals surface area (Å²) >= 11 is 5.05. The minimum atomic E-state index is -0.648. The summed E-state index contributed by atoms with van der Waals surface area (Å²) in [5.41, 5.74) is 0.493. The highest BCUT2D eigenvalue weighted by Gasteiger charge is 2.20. The number of rotatable bonds is 3. The maximum absolute atomic E-state index is 12.4. The van der Waals surface area contributed by atoms with Gasteiger partial charge in [-0.1, -0.05) is 6.07 Å². The summed E-state index contributed by atoms with van der Waals surface area (Å²) in [4.78, 5) is 28.2. The number of anilines is 1. The van der Waals surface area contributed by atoms with E-state index in [1.807, 2.05) is 0 Å². The number of nitrogens with zero attached hydrogens (tertiary/aromatic N) is 2. The van der Waals surface area contributed by atoms with Crippen LogP contribution in [0.25, 0.3) is 11.4 Å². The molecule has 0 saturated heterocycles. The van der Waals surface area contributed by atoms with Gasteiger partial charge < -0.3 is 14.8 Å². The number of carbonyl (C=O) groups excluding carboxylic acids is 2. The van der Waals surface area contributed by atoms with E-state index in [9.17, 15) is 9.59 Å². The molecule has 0 bridgehead atoms. The largest absolute Gasteiger partial charge is 0.450 e. The number of thiocarbonyl (C=S) groups is 1. The number of ether oxygens (including phenoxy) is 2. The number of carbonyl (C=O) groups is 2. The second-order valence-electron chi connectivity index (χ2n) is 6.45. The molecule has 2 heterocycles. The number of hydrogen-bond donors (Lipinski definition) is 2. The topological polar surface area (TPSA) is 94.5 Å². The van der Waals surface area contributed by atoms with Crippen molar-refractivity contribution in [2.24, 2.45) is 0 Å². The van der Waals surface area contributed by atoms with E-state index in [-0.39, 0.29) is 11.7 Å². The van der Waals surface area contributed by atoms with Crippen LogP contribution in [0.5, 0.6) is 0 Å². The second-order valence-corrected chi connectivity index (χ2v) is 6.86. The SMILES string of the molecule is CCOC(=O)NC(=S)Nc1cccc(-c2cccn2C(=O)OC(C)(C)C)n1. The Morgan fingerprint density at radius 1 is 1.22 bits per heavy atom. The third kappa shape index (κ3) is 6.07. The van der Waals surface area contributed by atoms with Crippen molar-refractivity contribution in [3.05, 3.63) is 36.5 Å².